The molecule has 1 unspecified atom stereocenters. The Hall–Kier alpha value is -2.75. The first-order valence-corrected chi connectivity index (χ1v) is 12.4. The molecule has 3 aliphatic rings. The Morgan fingerprint density at radius 3 is 2.47 bits per heavy atom. The van der Waals surface area contributed by atoms with Crippen molar-refractivity contribution in [1.29, 1.82) is 0 Å². The number of amides is 2. The van der Waals surface area contributed by atoms with Crippen molar-refractivity contribution in [2.75, 3.05) is 39.3 Å². The second-order valence-electron chi connectivity index (χ2n) is 10.4. The fraction of sp³-hybridized carbons (Fsp3) is 0.708. The third kappa shape index (κ3) is 4.35. The van der Waals surface area contributed by atoms with Crippen molar-refractivity contribution in [2.45, 2.75) is 64.8 Å². The molecule has 10 nitrogen and oxygen atoms in total. The molecule has 0 N–H and O–H groups in total. The maximum atomic E-state index is 13.0. The van der Waals surface area contributed by atoms with Crippen LogP contribution in [0.3, 0.4) is 0 Å². The monoisotopic (exact) mass is 470 g/mol. The summed E-state index contributed by atoms with van der Waals surface area (Å²) in [6.45, 7) is 10.0. The van der Waals surface area contributed by atoms with Gasteiger partial charge >= 0.3 is 0 Å². The summed E-state index contributed by atoms with van der Waals surface area (Å²) in [6.07, 6.45) is 6.05. The lowest BCUT2D eigenvalue weighted by Crippen LogP contribution is -2.45. The lowest BCUT2D eigenvalue weighted by molar-refractivity contribution is -0.131. The van der Waals surface area contributed by atoms with Crippen molar-refractivity contribution in [3.63, 3.8) is 0 Å². The maximum Gasteiger partial charge on any atom is 0.291 e. The molecule has 34 heavy (non-hydrogen) atoms. The Balaban J connectivity index is 1.31. The molecule has 0 aliphatic carbocycles. The van der Waals surface area contributed by atoms with E-state index in [1.165, 1.54) is 6.39 Å². The van der Waals surface area contributed by atoms with E-state index in [-0.39, 0.29) is 29.2 Å². The molecule has 5 rings (SSSR count). The fourth-order valence-electron chi connectivity index (χ4n) is 5.61. The van der Waals surface area contributed by atoms with Gasteiger partial charge in [0.05, 0.1) is 18.3 Å². The zero-order valence-electron chi connectivity index (χ0n) is 20.3. The molecule has 2 amide bonds. The summed E-state index contributed by atoms with van der Waals surface area (Å²) in [5.74, 6) is 1.79. The molecule has 0 bridgehead atoms. The summed E-state index contributed by atoms with van der Waals surface area (Å²) < 4.78 is 11.4. The number of nitrogens with zero attached hydrogens (tertiary/aromatic N) is 6. The Bertz CT molecular complexity index is 1030. The fourth-order valence-corrected chi connectivity index (χ4v) is 5.61. The van der Waals surface area contributed by atoms with Crippen LogP contribution >= 0.6 is 0 Å². The minimum absolute atomic E-state index is 0.00958. The lowest BCUT2D eigenvalue weighted by Gasteiger charge is -2.39. The number of rotatable bonds is 5. The van der Waals surface area contributed by atoms with Gasteiger partial charge in [0.15, 0.2) is 6.39 Å². The lowest BCUT2D eigenvalue weighted by atomic mass is 9.76. The molecule has 3 aliphatic heterocycles. The van der Waals surface area contributed by atoms with E-state index >= 15 is 0 Å². The average molecular weight is 471 g/mol. The van der Waals surface area contributed by atoms with E-state index < -0.39 is 0 Å². The van der Waals surface area contributed by atoms with Gasteiger partial charge in [-0.15, -0.1) is 10.2 Å². The first-order valence-electron chi connectivity index (χ1n) is 12.4. The molecule has 5 heterocycles. The zero-order valence-corrected chi connectivity index (χ0v) is 20.3. The molecule has 2 aromatic rings. The predicted molar refractivity (Wildman–Crippen MR) is 122 cm³/mol. The highest BCUT2D eigenvalue weighted by atomic mass is 16.4. The standard InChI is InChI=1S/C24H34N6O4/c1-16(2)21-26-27-22(34-21)18-12-24(14-30(18)13-19(31)28-8-4-5-9-28)6-10-29(11-7-24)23(32)20-17(3)25-15-33-20/h15-16,18H,4-14H2,1-3H3. The van der Waals surface area contributed by atoms with Crippen LogP contribution in [-0.4, -0.2) is 81.0 Å². The summed E-state index contributed by atoms with van der Waals surface area (Å²) >= 11 is 0. The minimum atomic E-state index is -0.0982. The van der Waals surface area contributed by atoms with Crippen molar-refractivity contribution in [1.82, 2.24) is 29.9 Å². The van der Waals surface area contributed by atoms with Crippen LogP contribution < -0.4 is 0 Å². The maximum absolute atomic E-state index is 13.0. The van der Waals surface area contributed by atoms with Crippen molar-refractivity contribution in [2.24, 2.45) is 5.41 Å². The van der Waals surface area contributed by atoms with Gasteiger partial charge in [0.25, 0.3) is 5.91 Å². The van der Waals surface area contributed by atoms with Gasteiger partial charge in [0.1, 0.15) is 0 Å². The molecule has 0 aromatic carbocycles. The Morgan fingerprint density at radius 1 is 1.12 bits per heavy atom. The van der Waals surface area contributed by atoms with Crippen LogP contribution in [0, 0.1) is 12.3 Å². The third-order valence-corrected chi connectivity index (χ3v) is 7.69. The predicted octanol–water partition coefficient (Wildman–Crippen LogP) is 2.78. The summed E-state index contributed by atoms with van der Waals surface area (Å²) in [5, 5.41) is 8.62. The number of hydrogen-bond acceptors (Lipinski definition) is 8. The molecule has 3 saturated heterocycles. The Morgan fingerprint density at radius 2 is 1.85 bits per heavy atom. The van der Waals surface area contributed by atoms with E-state index in [0.29, 0.717) is 42.9 Å². The van der Waals surface area contributed by atoms with Gasteiger partial charge in [-0.1, -0.05) is 13.8 Å². The van der Waals surface area contributed by atoms with E-state index in [0.717, 1.165) is 51.7 Å². The number of hydrogen-bond donors (Lipinski definition) is 0. The number of oxazole rings is 1. The van der Waals surface area contributed by atoms with E-state index in [2.05, 4.69) is 20.1 Å². The van der Waals surface area contributed by atoms with Crippen molar-refractivity contribution >= 4 is 11.8 Å². The average Bonchev–Trinajstić information content (AvgIpc) is 3.61. The molecular formula is C24H34N6O4. The first kappa shape index (κ1) is 23.0. The molecule has 10 heteroatoms. The van der Waals surface area contributed by atoms with Gasteiger partial charge < -0.3 is 18.6 Å². The largest absolute Gasteiger partial charge is 0.438 e. The van der Waals surface area contributed by atoms with Crippen molar-refractivity contribution in [3.8, 4) is 0 Å². The third-order valence-electron chi connectivity index (χ3n) is 7.69. The topological polar surface area (TPSA) is 109 Å². The van der Waals surface area contributed by atoms with E-state index in [9.17, 15) is 9.59 Å². The molecule has 1 spiro atoms. The molecule has 0 radical (unpaired) electrons. The summed E-state index contributed by atoms with van der Waals surface area (Å²) in [6, 6.07) is -0.0784. The van der Waals surface area contributed by atoms with Crippen molar-refractivity contribution < 1.29 is 18.4 Å². The zero-order chi connectivity index (χ0) is 23.9. The van der Waals surface area contributed by atoms with Crippen LogP contribution in [0.25, 0.3) is 0 Å². The Kier molecular flexibility index (Phi) is 6.18. The summed E-state index contributed by atoms with van der Waals surface area (Å²) in [5.41, 5.74) is 0.630. The number of carbonyl (C=O) groups excluding carboxylic acids is 2. The van der Waals surface area contributed by atoms with Crippen LogP contribution in [0.5, 0.6) is 0 Å². The Labute approximate surface area is 199 Å². The number of likely N-dealkylation sites (tertiary alicyclic amines) is 3. The molecule has 184 valence electrons. The molecular weight excluding hydrogens is 436 g/mol. The van der Waals surface area contributed by atoms with Gasteiger partial charge in [-0.2, -0.15) is 0 Å². The molecule has 1 atom stereocenters. The smallest absolute Gasteiger partial charge is 0.291 e. The molecule has 2 aromatic heterocycles. The second kappa shape index (κ2) is 9.13. The summed E-state index contributed by atoms with van der Waals surface area (Å²) in [4.78, 5) is 36.0. The van der Waals surface area contributed by atoms with Gasteiger partial charge in [-0.05, 0) is 44.4 Å². The van der Waals surface area contributed by atoms with Crippen LogP contribution in [0.1, 0.15) is 85.9 Å². The SMILES string of the molecule is Cc1ncoc1C(=O)N1CCC2(CC1)CC(c1nnc(C(C)C)o1)N(CC(=O)N1CCCC1)C2. The van der Waals surface area contributed by atoms with Crippen LogP contribution in [-0.2, 0) is 4.79 Å². The van der Waals surface area contributed by atoms with Gasteiger partial charge in [-0.25, -0.2) is 4.98 Å². The van der Waals surface area contributed by atoms with E-state index in [4.69, 9.17) is 8.83 Å². The first-order chi connectivity index (χ1) is 16.3. The van der Waals surface area contributed by atoms with E-state index in [1.54, 1.807) is 6.92 Å². The highest BCUT2D eigenvalue weighted by Crippen LogP contribution is 2.49. The van der Waals surface area contributed by atoms with E-state index in [1.807, 2.05) is 23.6 Å². The number of piperidine rings is 1. The summed E-state index contributed by atoms with van der Waals surface area (Å²) in [7, 11) is 0. The highest BCUT2D eigenvalue weighted by Gasteiger charge is 2.49. The minimum Gasteiger partial charge on any atom is -0.438 e. The second-order valence-corrected chi connectivity index (χ2v) is 10.4. The van der Waals surface area contributed by atoms with Crippen molar-refractivity contribution in [3.05, 3.63) is 29.6 Å². The number of aryl methyl sites for hydroxylation is 1. The number of carbonyl (C=O) groups is 2. The number of aromatic nitrogens is 3. The quantitative estimate of drug-likeness (QED) is 0.656. The van der Waals surface area contributed by atoms with Crippen LogP contribution in [0.15, 0.2) is 15.2 Å². The normalized spacial score (nSPS) is 22.9. The highest BCUT2D eigenvalue weighted by molar-refractivity contribution is 5.92. The van der Waals surface area contributed by atoms with Gasteiger partial charge in [0.2, 0.25) is 23.4 Å². The van der Waals surface area contributed by atoms with Crippen LogP contribution in [0.4, 0.5) is 0 Å². The van der Waals surface area contributed by atoms with Crippen LogP contribution in [0.2, 0.25) is 0 Å². The molecule has 0 saturated carbocycles. The van der Waals surface area contributed by atoms with Gasteiger partial charge in [0, 0.05) is 38.6 Å². The molecule has 3 fully saturated rings. The van der Waals surface area contributed by atoms with Gasteiger partial charge in [-0.3, -0.25) is 14.5 Å².